The molecule has 1 aliphatic rings. The van der Waals surface area contributed by atoms with Crippen LogP contribution in [0.4, 0.5) is 5.13 Å². The SMILES string of the molecule is NC(=O)c1ccc(-c2csc(N3CCC(C(N)=O)CC3)n2)cc1. The summed E-state index contributed by atoms with van der Waals surface area (Å²) in [5.74, 6) is -0.668. The van der Waals surface area contributed by atoms with Gasteiger partial charge in [0.15, 0.2) is 5.13 Å². The number of thiazole rings is 1. The summed E-state index contributed by atoms with van der Waals surface area (Å²) in [4.78, 5) is 29.2. The molecule has 2 heterocycles. The lowest BCUT2D eigenvalue weighted by Crippen LogP contribution is -2.38. The molecule has 0 bridgehead atoms. The molecule has 1 fully saturated rings. The fourth-order valence-corrected chi connectivity index (χ4v) is 3.59. The van der Waals surface area contributed by atoms with Gasteiger partial charge in [0.2, 0.25) is 11.8 Å². The second-order valence-corrected chi connectivity index (χ2v) is 6.46. The highest BCUT2D eigenvalue weighted by Gasteiger charge is 2.24. The van der Waals surface area contributed by atoms with Crippen LogP contribution >= 0.6 is 11.3 Å². The molecule has 0 saturated carbocycles. The Labute approximate surface area is 138 Å². The van der Waals surface area contributed by atoms with Gasteiger partial charge in [-0.3, -0.25) is 9.59 Å². The quantitative estimate of drug-likeness (QED) is 0.889. The summed E-state index contributed by atoms with van der Waals surface area (Å²) in [6, 6.07) is 7.10. The van der Waals surface area contributed by atoms with E-state index in [1.807, 2.05) is 17.5 Å². The summed E-state index contributed by atoms with van der Waals surface area (Å²) in [7, 11) is 0. The number of nitrogens with two attached hydrogens (primary N) is 2. The largest absolute Gasteiger partial charge is 0.369 e. The van der Waals surface area contributed by atoms with Crippen LogP contribution in [-0.2, 0) is 4.79 Å². The Morgan fingerprint density at radius 2 is 1.78 bits per heavy atom. The maximum Gasteiger partial charge on any atom is 0.248 e. The fourth-order valence-electron chi connectivity index (χ4n) is 2.70. The average Bonchev–Trinajstić information content (AvgIpc) is 3.05. The summed E-state index contributed by atoms with van der Waals surface area (Å²) in [6.45, 7) is 1.59. The Hall–Kier alpha value is -2.41. The van der Waals surface area contributed by atoms with Gasteiger partial charge in [-0.05, 0) is 25.0 Å². The molecular formula is C16H18N4O2S. The van der Waals surface area contributed by atoms with Gasteiger partial charge in [0.25, 0.3) is 0 Å². The first-order valence-corrected chi connectivity index (χ1v) is 8.32. The van der Waals surface area contributed by atoms with E-state index in [0.717, 1.165) is 42.3 Å². The van der Waals surface area contributed by atoms with E-state index in [9.17, 15) is 9.59 Å². The van der Waals surface area contributed by atoms with Gasteiger partial charge >= 0.3 is 0 Å². The molecule has 4 N–H and O–H groups in total. The molecule has 120 valence electrons. The highest BCUT2D eigenvalue weighted by Crippen LogP contribution is 2.30. The van der Waals surface area contributed by atoms with Crippen molar-refractivity contribution in [2.45, 2.75) is 12.8 Å². The van der Waals surface area contributed by atoms with Crippen LogP contribution in [0.15, 0.2) is 29.6 Å². The number of amides is 2. The number of carbonyl (C=O) groups is 2. The number of nitrogens with zero attached hydrogens (tertiary/aromatic N) is 2. The van der Waals surface area contributed by atoms with Crippen LogP contribution in [-0.4, -0.2) is 29.9 Å². The number of anilines is 1. The van der Waals surface area contributed by atoms with E-state index in [2.05, 4.69) is 9.88 Å². The molecule has 7 heteroatoms. The van der Waals surface area contributed by atoms with Crippen LogP contribution < -0.4 is 16.4 Å². The van der Waals surface area contributed by atoms with Crippen molar-refractivity contribution in [3.8, 4) is 11.3 Å². The van der Waals surface area contributed by atoms with Crippen LogP contribution in [0.25, 0.3) is 11.3 Å². The second kappa shape index (κ2) is 6.37. The maximum atomic E-state index is 11.2. The van der Waals surface area contributed by atoms with Crippen molar-refractivity contribution in [3.63, 3.8) is 0 Å². The number of rotatable bonds is 4. The number of benzene rings is 1. The Morgan fingerprint density at radius 1 is 1.13 bits per heavy atom. The monoisotopic (exact) mass is 330 g/mol. The van der Waals surface area contributed by atoms with Gasteiger partial charge in [-0.25, -0.2) is 4.98 Å². The van der Waals surface area contributed by atoms with Crippen molar-refractivity contribution >= 4 is 28.3 Å². The number of piperidine rings is 1. The van der Waals surface area contributed by atoms with Crippen molar-refractivity contribution in [1.29, 1.82) is 0 Å². The minimum Gasteiger partial charge on any atom is -0.369 e. The zero-order chi connectivity index (χ0) is 16.4. The number of hydrogen-bond donors (Lipinski definition) is 2. The third-order valence-corrected chi connectivity index (χ3v) is 5.03. The summed E-state index contributed by atoms with van der Waals surface area (Å²) < 4.78 is 0. The predicted molar refractivity (Wildman–Crippen MR) is 90.2 cm³/mol. The number of hydrogen-bond acceptors (Lipinski definition) is 5. The molecule has 0 spiro atoms. The van der Waals surface area contributed by atoms with Crippen LogP contribution in [0.3, 0.4) is 0 Å². The first-order chi connectivity index (χ1) is 11.0. The normalized spacial score (nSPS) is 15.6. The Bertz CT molecular complexity index is 718. The van der Waals surface area contributed by atoms with Crippen molar-refractivity contribution in [2.75, 3.05) is 18.0 Å². The molecule has 23 heavy (non-hydrogen) atoms. The summed E-state index contributed by atoms with van der Waals surface area (Å²) in [6.07, 6.45) is 1.55. The molecule has 6 nitrogen and oxygen atoms in total. The maximum absolute atomic E-state index is 11.2. The molecule has 1 aromatic carbocycles. The van der Waals surface area contributed by atoms with Crippen molar-refractivity contribution in [1.82, 2.24) is 4.98 Å². The molecule has 0 atom stereocenters. The second-order valence-electron chi connectivity index (χ2n) is 5.62. The van der Waals surface area contributed by atoms with Crippen LogP contribution in [0.5, 0.6) is 0 Å². The van der Waals surface area contributed by atoms with E-state index < -0.39 is 5.91 Å². The molecule has 0 unspecified atom stereocenters. The average molecular weight is 330 g/mol. The van der Waals surface area contributed by atoms with E-state index in [1.54, 1.807) is 23.5 Å². The third kappa shape index (κ3) is 3.34. The molecule has 2 amide bonds. The zero-order valence-electron chi connectivity index (χ0n) is 12.6. The van der Waals surface area contributed by atoms with Gasteiger partial charge < -0.3 is 16.4 Å². The van der Waals surface area contributed by atoms with E-state index in [1.165, 1.54) is 0 Å². The topological polar surface area (TPSA) is 102 Å². The summed E-state index contributed by atoms with van der Waals surface area (Å²) in [5.41, 5.74) is 12.9. The van der Waals surface area contributed by atoms with Crippen LogP contribution in [0.1, 0.15) is 23.2 Å². The first kappa shape index (κ1) is 15.5. The number of aromatic nitrogens is 1. The molecule has 1 aromatic heterocycles. The zero-order valence-corrected chi connectivity index (χ0v) is 13.4. The molecule has 1 saturated heterocycles. The Balaban J connectivity index is 1.71. The molecule has 3 rings (SSSR count). The minimum absolute atomic E-state index is 0.0213. The molecular weight excluding hydrogens is 312 g/mol. The van der Waals surface area contributed by atoms with E-state index in [0.29, 0.717) is 5.56 Å². The van der Waals surface area contributed by atoms with Crippen molar-refractivity contribution < 1.29 is 9.59 Å². The van der Waals surface area contributed by atoms with Gasteiger partial charge in [-0.15, -0.1) is 11.3 Å². The molecule has 0 aliphatic carbocycles. The fraction of sp³-hybridized carbons (Fsp3) is 0.312. The Morgan fingerprint density at radius 3 is 2.35 bits per heavy atom. The standard InChI is InChI=1S/C16H18N4O2S/c17-14(21)11-3-1-10(2-4-11)13-9-23-16(19-13)20-7-5-12(6-8-20)15(18)22/h1-4,9,12H,5-8H2,(H2,17,21)(H2,18,22). The van der Waals surface area contributed by atoms with Gasteiger partial charge in [-0.1, -0.05) is 12.1 Å². The number of carbonyl (C=O) groups excluding carboxylic acids is 2. The lowest BCUT2D eigenvalue weighted by molar-refractivity contribution is -0.122. The van der Waals surface area contributed by atoms with Gasteiger partial charge in [0, 0.05) is 35.5 Å². The Kier molecular flexibility index (Phi) is 4.29. The lowest BCUT2D eigenvalue weighted by Gasteiger charge is -2.30. The molecule has 1 aliphatic heterocycles. The van der Waals surface area contributed by atoms with Crippen molar-refractivity contribution in [2.24, 2.45) is 17.4 Å². The van der Waals surface area contributed by atoms with Gasteiger partial charge in [-0.2, -0.15) is 0 Å². The first-order valence-electron chi connectivity index (χ1n) is 7.44. The van der Waals surface area contributed by atoms with Gasteiger partial charge in [0.1, 0.15) is 0 Å². The molecule has 0 radical (unpaired) electrons. The highest BCUT2D eigenvalue weighted by atomic mass is 32.1. The van der Waals surface area contributed by atoms with Crippen LogP contribution in [0, 0.1) is 5.92 Å². The van der Waals surface area contributed by atoms with Crippen molar-refractivity contribution in [3.05, 3.63) is 35.2 Å². The van der Waals surface area contributed by atoms with E-state index >= 15 is 0 Å². The van der Waals surface area contributed by atoms with Gasteiger partial charge in [0.05, 0.1) is 5.69 Å². The highest BCUT2D eigenvalue weighted by molar-refractivity contribution is 7.14. The number of primary amides is 2. The van der Waals surface area contributed by atoms with E-state index in [-0.39, 0.29) is 11.8 Å². The summed E-state index contributed by atoms with van der Waals surface area (Å²) >= 11 is 1.58. The smallest absolute Gasteiger partial charge is 0.248 e. The minimum atomic E-state index is -0.437. The van der Waals surface area contributed by atoms with E-state index in [4.69, 9.17) is 11.5 Å². The summed E-state index contributed by atoms with van der Waals surface area (Å²) in [5, 5.41) is 2.94. The molecule has 2 aromatic rings. The lowest BCUT2D eigenvalue weighted by atomic mass is 9.97. The third-order valence-electron chi connectivity index (χ3n) is 4.13. The van der Waals surface area contributed by atoms with Crippen LogP contribution in [0.2, 0.25) is 0 Å². The predicted octanol–water partition coefficient (Wildman–Crippen LogP) is 1.61.